The van der Waals surface area contributed by atoms with Crippen molar-refractivity contribution < 1.29 is 34.5 Å². The average Bonchev–Trinajstić information content (AvgIpc) is 2.80. The number of rotatable bonds is 7. The molecule has 1 aromatic carbocycles. The number of phenols is 1. The number of hydrogen-bond donors (Lipinski definition) is 3. The van der Waals surface area contributed by atoms with Gasteiger partial charge in [-0.15, -0.1) is 0 Å². The van der Waals surface area contributed by atoms with Crippen LogP contribution in [0.5, 0.6) is 5.75 Å². The van der Waals surface area contributed by atoms with Crippen molar-refractivity contribution in [3.8, 4) is 5.75 Å². The molecule has 39 heavy (non-hydrogen) atoms. The average molecular weight is 540 g/mol. The summed E-state index contributed by atoms with van der Waals surface area (Å²) in [5.74, 6) is -3.17. The Bertz CT molecular complexity index is 1310. The molecule has 0 bridgehead atoms. The summed E-state index contributed by atoms with van der Waals surface area (Å²) < 4.78 is 0. The lowest BCUT2D eigenvalue weighted by Crippen LogP contribution is -2.73. The van der Waals surface area contributed by atoms with E-state index in [9.17, 15) is 34.5 Å². The fourth-order valence-electron chi connectivity index (χ4n) is 7.94. The van der Waals surface area contributed by atoms with E-state index in [2.05, 4.69) is 0 Å². The number of likely N-dealkylation sites (N-methyl/N-ethyl adjacent to an activating group) is 1. The maximum absolute atomic E-state index is 14.2. The van der Waals surface area contributed by atoms with Gasteiger partial charge in [-0.1, -0.05) is 32.4 Å². The molecule has 1 aromatic rings. The summed E-state index contributed by atoms with van der Waals surface area (Å²) in [4.78, 5) is 54.3. The molecule has 3 aliphatic carbocycles. The van der Waals surface area contributed by atoms with Crippen LogP contribution in [0.15, 0.2) is 17.2 Å². The first kappa shape index (κ1) is 29.3. The van der Waals surface area contributed by atoms with Gasteiger partial charge in [0.05, 0.1) is 23.6 Å². The number of carbonyl (C=O) groups excluding carboxylic acids is 4. The van der Waals surface area contributed by atoms with Crippen molar-refractivity contribution in [3.05, 3.63) is 39.5 Å². The normalized spacial score (nSPS) is 32.2. The predicted molar refractivity (Wildman–Crippen MR) is 146 cm³/mol. The number of Topliss-reactive ketones (excluding diaryl/α,β-unsaturated/α-hetero) is 4. The van der Waals surface area contributed by atoms with Crippen LogP contribution in [-0.4, -0.2) is 75.7 Å². The first-order valence-corrected chi connectivity index (χ1v) is 13.8. The van der Waals surface area contributed by atoms with Gasteiger partial charge in [-0.05, 0) is 82.2 Å². The number of hydrogen-bond acceptors (Lipinski definition) is 8. The minimum Gasteiger partial charge on any atom is -0.507 e. The SMILES string of the molecule is CCc1cc(CCC(=O)CN(C)C)c(O)c2c1C[C@@]1(C)C[C@@]3(C)CC(C)=C(C(C)=O)C(=O)[C@@]3(O)C(O)C1C2=O. The number of allylic oxidation sites excluding steroid dienone is 1. The van der Waals surface area contributed by atoms with Gasteiger partial charge >= 0.3 is 0 Å². The van der Waals surface area contributed by atoms with Gasteiger partial charge in [-0.3, -0.25) is 19.2 Å². The molecular weight excluding hydrogens is 498 g/mol. The molecule has 1 fully saturated rings. The molecule has 4 rings (SSSR count). The number of aliphatic hydroxyl groups is 2. The molecule has 0 spiro atoms. The quantitative estimate of drug-likeness (QED) is 0.451. The standard InChI is InChI=1S/C31H41NO7/c1-8-18-11-19(9-10-20(34)14-32(6)7)25(35)23-21(18)13-29(4)15-30(5)12-16(2)22(17(3)33)27(37)31(30,39)28(38)24(29)26(23)36/h11,24,28,35,38-39H,8-10,12-15H2,1-7H3/t24?,28?,29-,30+,31+/m0/s1. The minimum atomic E-state index is -2.32. The zero-order chi connectivity index (χ0) is 29.2. The van der Waals surface area contributed by atoms with Gasteiger partial charge in [0, 0.05) is 11.8 Å². The third-order valence-corrected chi connectivity index (χ3v) is 9.45. The second kappa shape index (κ2) is 9.75. The summed E-state index contributed by atoms with van der Waals surface area (Å²) in [6.07, 6.45) is 0.238. The van der Waals surface area contributed by atoms with Gasteiger partial charge in [-0.2, -0.15) is 0 Å². The molecule has 0 radical (unpaired) electrons. The Balaban J connectivity index is 1.82. The Labute approximate surface area is 230 Å². The van der Waals surface area contributed by atoms with E-state index in [0.29, 0.717) is 24.0 Å². The molecule has 2 unspecified atom stereocenters. The molecule has 0 amide bonds. The summed E-state index contributed by atoms with van der Waals surface area (Å²) in [7, 11) is 3.61. The molecule has 8 heteroatoms. The smallest absolute Gasteiger partial charge is 0.201 e. The van der Waals surface area contributed by atoms with E-state index >= 15 is 0 Å². The number of aryl methyl sites for hydroxylation is 2. The second-order valence-electron chi connectivity index (χ2n) is 12.9. The Morgan fingerprint density at radius 3 is 2.33 bits per heavy atom. The van der Waals surface area contributed by atoms with Crippen molar-refractivity contribution in [1.82, 2.24) is 4.90 Å². The third-order valence-electron chi connectivity index (χ3n) is 9.45. The Morgan fingerprint density at radius 2 is 1.77 bits per heavy atom. The summed E-state index contributed by atoms with van der Waals surface area (Å²) in [6, 6.07) is 1.88. The molecule has 212 valence electrons. The van der Waals surface area contributed by atoms with Gasteiger partial charge < -0.3 is 20.2 Å². The van der Waals surface area contributed by atoms with E-state index in [1.165, 1.54) is 6.92 Å². The van der Waals surface area contributed by atoms with Crippen molar-refractivity contribution in [2.75, 3.05) is 20.6 Å². The maximum atomic E-state index is 14.2. The number of aliphatic hydroxyl groups excluding tert-OH is 1. The van der Waals surface area contributed by atoms with E-state index in [4.69, 9.17) is 0 Å². The third kappa shape index (κ3) is 4.32. The highest BCUT2D eigenvalue weighted by molar-refractivity contribution is 6.24. The van der Waals surface area contributed by atoms with E-state index in [-0.39, 0.29) is 54.9 Å². The van der Waals surface area contributed by atoms with Crippen LogP contribution in [0.25, 0.3) is 0 Å². The molecule has 0 aromatic heterocycles. The predicted octanol–water partition coefficient (Wildman–Crippen LogP) is 2.76. The van der Waals surface area contributed by atoms with Gasteiger partial charge in [-0.25, -0.2) is 0 Å². The topological polar surface area (TPSA) is 132 Å². The molecule has 0 heterocycles. The summed E-state index contributed by atoms with van der Waals surface area (Å²) in [5.41, 5.74) is -1.49. The fraction of sp³-hybridized carbons (Fsp3) is 0.613. The maximum Gasteiger partial charge on any atom is 0.201 e. The zero-order valence-electron chi connectivity index (χ0n) is 24.1. The molecule has 0 saturated heterocycles. The molecule has 1 saturated carbocycles. The molecular formula is C31H41NO7. The lowest BCUT2D eigenvalue weighted by atomic mass is 9.43. The molecule has 8 nitrogen and oxygen atoms in total. The minimum absolute atomic E-state index is 0.0127. The molecule has 3 aliphatic rings. The number of phenolic OH excluding ortho intramolecular Hbond substituents is 1. The van der Waals surface area contributed by atoms with Crippen molar-refractivity contribution in [1.29, 1.82) is 0 Å². The van der Waals surface area contributed by atoms with Gasteiger partial charge in [0.25, 0.3) is 0 Å². The van der Waals surface area contributed by atoms with Crippen LogP contribution in [0.3, 0.4) is 0 Å². The van der Waals surface area contributed by atoms with Crippen LogP contribution in [0.1, 0.15) is 80.9 Å². The first-order chi connectivity index (χ1) is 18.0. The van der Waals surface area contributed by atoms with Crippen molar-refractivity contribution >= 4 is 23.1 Å². The fourth-order valence-corrected chi connectivity index (χ4v) is 7.94. The Hall–Kier alpha value is -2.68. The number of nitrogens with zero attached hydrogens (tertiary/aromatic N) is 1. The second-order valence-corrected chi connectivity index (χ2v) is 12.9. The highest BCUT2D eigenvalue weighted by Gasteiger charge is 2.71. The van der Waals surface area contributed by atoms with Gasteiger partial charge in [0.15, 0.2) is 17.2 Å². The molecule has 5 atom stereocenters. The van der Waals surface area contributed by atoms with E-state index in [0.717, 1.165) is 11.1 Å². The van der Waals surface area contributed by atoms with E-state index in [1.807, 2.05) is 19.9 Å². The summed E-state index contributed by atoms with van der Waals surface area (Å²) in [6.45, 7) is 8.88. The van der Waals surface area contributed by atoms with Gasteiger partial charge in [0.2, 0.25) is 5.78 Å². The van der Waals surface area contributed by atoms with Crippen LogP contribution < -0.4 is 0 Å². The largest absolute Gasteiger partial charge is 0.507 e. The lowest BCUT2D eigenvalue weighted by Gasteiger charge is -2.62. The van der Waals surface area contributed by atoms with Crippen LogP contribution in [-0.2, 0) is 33.6 Å². The molecule has 3 N–H and O–H groups in total. The van der Waals surface area contributed by atoms with E-state index in [1.54, 1.807) is 32.8 Å². The van der Waals surface area contributed by atoms with Crippen molar-refractivity contribution in [3.63, 3.8) is 0 Å². The monoisotopic (exact) mass is 539 g/mol. The van der Waals surface area contributed by atoms with Gasteiger partial charge in [0.1, 0.15) is 17.6 Å². The Morgan fingerprint density at radius 1 is 1.13 bits per heavy atom. The van der Waals surface area contributed by atoms with Crippen LogP contribution >= 0.6 is 0 Å². The first-order valence-electron chi connectivity index (χ1n) is 13.8. The van der Waals surface area contributed by atoms with Crippen molar-refractivity contribution in [2.45, 2.75) is 84.8 Å². The Kier molecular flexibility index (Phi) is 7.33. The number of ketones is 4. The van der Waals surface area contributed by atoms with E-state index < -0.39 is 45.8 Å². The number of benzene rings is 1. The lowest BCUT2D eigenvalue weighted by molar-refractivity contribution is -0.219. The van der Waals surface area contributed by atoms with Crippen LogP contribution in [0, 0.1) is 16.7 Å². The number of aromatic hydroxyl groups is 1. The van der Waals surface area contributed by atoms with Crippen LogP contribution in [0.2, 0.25) is 0 Å². The molecule has 0 aliphatic heterocycles. The highest BCUT2D eigenvalue weighted by Crippen LogP contribution is 2.63. The summed E-state index contributed by atoms with van der Waals surface area (Å²) >= 11 is 0. The van der Waals surface area contributed by atoms with Crippen molar-refractivity contribution in [2.24, 2.45) is 16.7 Å². The number of fused-ring (bicyclic) bond motifs is 3. The summed E-state index contributed by atoms with van der Waals surface area (Å²) in [5, 5.41) is 35.0. The van der Waals surface area contributed by atoms with Crippen LogP contribution in [0.4, 0.5) is 0 Å². The highest BCUT2D eigenvalue weighted by atomic mass is 16.4. The number of carbonyl (C=O) groups is 4. The zero-order valence-corrected chi connectivity index (χ0v) is 24.1.